The zero-order chi connectivity index (χ0) is 17.8. The van der Waals surface area contributed by atoms with E-state index in [1.807, 2.05) is 43.3 Å². The lowest BCUT2D eigenvalue weighted by Crippen LogP contribution is -2.49. The lowest BCUT2D eigenvalue weighted by Gasteiger charge is -2.34. The molecule has 0 bridgehead atoms. The molecule has 0 N–H and O–H groups in total. The molecule has 1 aromatic carbocycles. The maximum absolute atomic E-state index is 12.3. The van der Waals surface area contributed by atoms with Crippen LogP contribution in [-0.2, 0) is 0 Å². The zero-order valence-electron chi connectivity index (χ0n) is 15.0. The molecule has 1 fully saturated rings. The molecule has 132 valence electrons. The van der Waals surface area contributed by atoms with Crippen molar-refractivity contribution >= 4 is 11.9 Å². The molecule has 6 heteroatoms. The molecule has 0 atom stereocenters. The van der Waals surface area contributed by atoms with Crippen molar-refractivity contribution in [3.05, 3.63) is 47.7 Å². The minimum absolute atomic E-state index is 0.299. The van der Waals surface area contributed by atoms with Crippen LogP contribution in [0.5, 0.6) is 5.75 Å². The Labute approximate surface area is 148 Å². The van der Waals surface area contributed by atoms with E-state index in [1.54, 1.807) is 4.90 Å². The summed E-state index contributed by atoms with van der Waals surface area (Å²) in [5.41, 5.74) is 2.13. The number of hydrogen-bond acceptors (Lipinski definition) is 5. The van der Waals surface area contributed by atoms with Gasteiger partial charge in [0.05, 0.1) is 5.69 Å². The van der Waals surface area contributed by atoms with E-state index < -0.39 is 0 Å². The quantitative estimate of drug-likeness (QED) is 0.858. The van der Waals surface area contributed by atoms with Gasteiger partial charge in [-0.15, -0.1) is 5.10 Å². The SMILES string of the molecule is Cc1ccc(N2CCN(C(=O)Oc3ccc(C(C)C)cc3)CC2)nn1. The van der Waals surface area contributed by atoms with Crippen molar-refractivity contribution in [3.8, 4) is 5.75 Å². The van der Waals surface area contributed by atoms with Crippen molar-refractivity contribution in [2.24, 2.45) is 0 Å². The Hall–Kier alpha value is -2.63. The molecule has 2 aromatic rings. The topological polar surface area (TPSA) is 58.6 Å². The van der Waals surface area contributed by atoms with Crippen molar-refractivity contribution < 1.29 is 9.53 Å². The van der Waals surface area contributed by atoms with E-state index in [2.05, 4.69) is 28.9 Å². The van der Waals surface area contributed by atoms with Gasteiger partial charge in [-0.3, -0.25) is 0 Å². The van der Waals surface area contributed by atoms with E-state index in [0.717, 1.165) is 24.6 Å². The molecule has 0 saturated carbocycles. The fraction of sp³-hybridized carbons (Fsp3) is 0.421. The van der Waals surface area contributed by atoms with Crippen molar-refractivity contribution in [1.82, 2.24) is 15.1 Å². The van der Waals surface area contributed by atoms with Gasteiger partial charge < -0.3 is 14.5 Å². The first-order valence-electron chi connectivity index (χ1n) is 8.65. The number of piperazine rings is 1. The van der Waals surface area contributed by atoms with Gasteiger partial charge in [-0.25, -0.2) is 4.79 Å². The van der Waals surface area contributed by atoms with E-state index >= 15 is 0 Å². The Bertz CT molecular complexity index is 705. The van der Waals surface area contributed by atoms with Gasteiger partial charge in [0, 0.05) is 26.2 Å². The van der Waals surface area contributed by atoms with Crippen LogP contribution in [0.1, 0.15) is 31.0 Å². The Morgan fingerprint density at radius 1 is 1.00 bits per heavy atom. The Kier molecular flexibility index (Phi) is 5.16. The fourth-order valence-corrected chi connectivity index (χ4v) is 2.76. The maximum Gasteiger partial charge on any atom is 0.415 e. The summed E-state index contributed by atoms with van der Waals surface area (Å²) in [7, 11) is 0. The van der Waals surface area contributed by atoms with Crippen LogP contribution in [0, 0.1) is 6.92 Å². The molecule has 1 amide bonds. The van der Waals surface area contributed by atoms with Crippen LogP contribution in [0.15, 0.2) is 36.4 Å². The molecule has 1 saturated heterocycles. The minimum atomic E-state index is -0.299. The second kappa shape index (κ2) is 7.51. The number of benzene rings is 1. The smallest absolute Gasteiger partial charge is 0.410 e. The van der Waals surface area contributed by atoms with E-state index in [9.17, 15) is 4.79 Å². The Morgan fingerprint density at radius 3 is 2.24 bits per heavy atom. The summed E-state index contributed by atoms with van der Waals surface area (Å²) in [6.07, 6.45) is -0.299. The molecule has 25 heavy (non-hydrogen) atoms. The number of aryl methyl sites for hydroxylation is 1. The van der Waals surface area contributed by atoms with Crippen molar-refractivity contribution in [2.75, 3.05) is 31.1 Å². The van der Waals surface area contributed by atoms with Gasteiger partial charge in [0.25, 0.3) is 0 Å². The third-order valence-corrected chi connectivity index (χ3v) is 4.40. The molecular formula is C19H24N4O2. The molecule has 1 aliphatic heterocycles. The maximum atomic E-state index is 12.3. The number of carbonyl (C=O) groups excluding carboxylic acids is 1. The summed E-state index contributed by atoms with van der Waals surface area (Å²) in [5.74, 6) is 1.90. The second-order valence-electron chi connectivity index (χ2n) is 6.60. The van der Waals surface area contributed by atoms with Gasteiger partial charge in [-0.2, -0.15) is 5.10 Å². The lowest BCUT2D eigenvalue weighted by molar-refractivity contribution is 0.149. The number of ether oxygens (including phenoxy) is 1. The van der Waals surface area contributed by atoms with Crippen LogP contribution in [0.25, 0.3) is 0 Å². The number of aromatic nitrogens is 2. The van der Waals surface area contributed by atoms with E-state index in [4.69, 9.17) is 4.74 Å². The monoisotopic (exact) mass is 340 g/mol. The van der Waals surface area contributed by atoms with Gasteiger partial charge in [-0.1, -0.05) is 26.0 Å². The summed E-state index contributed by atoms with van der Waals surface area (Å²) < 4.78 is 5.49. The van der Waals surface area contributed by atoms with Gasteiger partial charge in [-0.05, 0) is 42.7 Å². The van der Waals surface area contributed by atoms with Crippen LogP contribution in [0.2, 0.25) is 0 Å². The highest BCUT2D eigenvalue weighted by Gasteiger charge is 2.23. The highest BCUT2D eigenvalue weighted by molar-refractivity contribution is 5.71. The third kappa shape index (κ3) is 4.26. The standard InChI is InChI=1S/C19H24N4O2/c1-14(2)16-5-7-17(8-6-16)25-19(24)23-12-10-22(11-13-23)18-9-4-15(3)20-21-18/h4-9,14H,10-13H2,1-3H3. The highest BCUT2D eigenvalue weighted by atomic mass is 16.6. The molecule has 0 unspecified atom stereocenters. The summed E-state index contributed by atoms with van der Waals surface area (Å²) in [6.45, 7) is 8.85. The second-order valence-corrected chi connectivity index (χ2v) is 6.60. The average molecular weight is 340 g/mol. The number of nitrogens with zero attached hydrogens (tertiary/aromatic N) is 4. The molecule has 6 nitrogen and oxygen atoms in total. The number of carbonyl (C=O) groups is 1. The molecule has 3 rings (SSSR count). The lowest BCUT2D eigenvalue weighted by atomic mass is 10.0. The molecule has 2 heterocycles. The normalized spacial score (nSPS) is 14.7. The predicted octanol–water partition coefficient (Wildman–Crippen LogP) is 3.23. The van der Waals surface area contributed by atoms with Gasteiger partial charge in [0.15, 0.2) is 5.82 Å². The summed E-state index contributed by atoms with van der Waals surface area (Å²) in [4.78, 5) is 16.2. The molecule has 0 radical (unpaired) electrons. The Morgan fingerprint density at radius 2 is 1.68 bits per heavy atom. The van der Waals surface area contributed by atoms with Crippen LogP contribution >= 0.6 is 0 Å². The summed E-state index contributed by atoms with van der Waals surface area (Å²) >= 11 is 0. The number of anilines is 1. The van der Waals surface area contributed by atoms with Crippen molar-refractivity contribution in [3.63, 3.8) is 0 Å². The number of hydrogen-bond donors (Lipinski definition) is 0. The van der Waals surface area contributed by atoms with Gasteiger partial charge in [0.1, 0.15) is 5.75 Å². The number of amides is 1. The van der Waals surface area contributed by atoms with Gasteiger partial charge in [0.2, 0.25) is 0 Å². The van der Waals surface area contributed by atoms with Crippen molar-refractivity contribution in [1.29, 1.82) is 0 Å². The molecule has 1 aliphatic rings. The van der Waals surface area contributed by atoms with Gasteiger partial charge >= 0.3 is 6.09 Å². The van der Waals surface area contributed by atoms with E-state index in [1.165, 1.54) is 5.56 Å². The average Bonchev–Trinajstić information content (AvgIpc) is 2.63. The summed E-state index contributed by atoms with van der Waals surface area (Å²) in [5, 5.41) is 8.29. The van der Waals surface area contributed by atoms with E-state index in [-0.39, 0.29) is 6.09 Å². The molecule has 0 spiro atoms. The van der Waals surface area contributed by atoms with Crippen molar-refractivity contribution in [2.45, 2.75) is 26.7 Å². The minimum Gasteiger partial charge on any atom is -0.410 e. The molecular weight excluding hydrogens is 316 g/mol. The van der Waals surface area contributed by atoms with E-state index in [0.29, 0.717) is 24.8 Å². The Balaban J connectivity index is 1.53. The number of rotatable bonds is 3. The highest BCUT2D eigenvalue weighted by Crippen LogP contribution is 2.20. The first-order valence-corrected chi connectivity index (χ1v) is 8.65. The molecule has 0 aliphatic carbocycles. The van der Waals surface area contributed by atoms with Crippen LogP contribution < -0.4 is 9.64 Å². The fourth-order valence-electron chi connectivity index (χ4n) is 2.76. The third-order valence-electron chi connectivity index (χ3n) is 4.40. The predicted molar refractivity (Wildman–Crippen MR) is 97.1 cm³/mol. The first-order chi connectivity index (χ1) is 12.0. The first kappa shape index (κ1) is 17.2. The zero-order valence-corrected chi connectivity index (χ0v) is 15.0. The summed E-state index contributed by atoms with van der Waals surface area (Å²) in [6, 6.07) is 11.6. The van der Waals surface area contributed by atoms with Crippen LogP contribution in [0.3, 0.4) is 0 Å². The van der Waals surface area contributed by atoms with Crippen LogP contribution in [-0.4, -0.2) is 47.4 Å². The van der Waals surface area contributed by atoms with Crippen LogP contribution in [0.4, 0.5) is 10.6 Å². The molecule has 1 aromatic heterocycles. The largest absolute Gasteiger partial charge is 0.415 e.